The van der Waals surface area contributed by atoms with Gasteiger partial charge in [-0.2, -0.15) is 0 Å². The fraction of sp³-hybridized carbons (Fsp3) is 0.647. The molecular weight excluding hydrogens is 312 g/mol. The van der Waals surface area contributed by atoms with Crippen LogP contribution in [-0.4, -0.2) is 24.0 Å². The fourth-order valence-electron chi connectivity index (χ4n) is 3.18. The third-order valence-corrected chi connectivity index (χ3v) is 5.58. The number of hydrogen-bond acceptors (Lipinski definition) is 2. The van der Waals surface area contributed by atoms with Crippen molar-refractivity contribution in [3.05, 3.63) is 34.3 Å². The second-order valence-corrected chi connectivity index (χ2v) is 7.13. The molecule has 1 aromatic rings. The fourth-order valence-corrected chi connectivity index (χ4v) is 3.70. The zero-order chi connectivity index (χ0) is 14.7. The second kappa shape index (κ2) is 7.06. The number of halogens is 1. The molecule has 2 N–H and O–H groups in total. The molecule has 1 aliphatic heterocycles. The highest BCUT2D eigenvalue weighted by Crippen LogP contribution is 2.35. The molecule has 3 heteroatoms. The summed E-state index contributed by atoms with van der Waals surface area (Å²) < 4.78 is 1.18. The number of hydrogen-bond donors (Lipinski definition) is 1. The molecule has 112 valence electrons. The molecule has 1 saturated heterocycles. The molecule has 1 aromatic carbocycles. The lowest BCUT2D eigenvalue weighted by molar-refractivity contribution is 0.0813. The first-order valence-corrected chi connectivity index (χ1v) is 8.58. The van der Waals surface area contributed by atoms with Gasteiger partial charge >= 0.3 is 0 Å². The molecule has 2 nitrogen and oxygen atoms in total. The highest BCUT2D eigenvalue weighted by atomic mass is 79.9. The van der Waals surface area contributed by atoms with Crippen molar-refractivity contribution in [2.24, 2.45) is 17.6 Å². The Labute approximate surface area is 131 Å². The molecule has 0 bridgehead atoms. The molecule has 0 radical (unpaired) electrons. The minimum Gasteiger partial charge on any atom is -0.326 e. The summed E-state index contributed by atoms with van der Waals surface area (Å²) >= 11 is 3.71. The third kappa shape index (κ3) is 3.44. The maximum Gasteiger partial charge on any atom is 0.0510 e. The lowest BCUT2D eigenvalue weighted by atomic mass is 9.85. The zero-order valence-electron chi connectivity index (χ0n) is 12.8. The van der Waals surface area contributed by atoms with Gasteiger partial charge in [0.2, 0.25) is 0 Å². The topological polar surface area (TPSA) is 29.3 Å². The second-order valence-electron chi connectivity index (χ2n) is 6.28. The predicted octanol–water partition coefficient (Wildman–Crippen LogP) is 4.21. The number of rotatable bonds is 4. The van der Waals surface area contributed by atoms with Crippen LogP contribution in [0.1, 0.15) is 45.2 Å². The van der Waals surface area contributed by atoms with Gasteiger partial charge in [-0.15, -0.1) is 0 Å². The van der Waals surface area contributed by atoms with Crippen LogP contribution >= 0.6 is 15.9 Å². The van der Waals surface area contributed by atoms with Crippen LogP contribution in [0.4, 0.5) is 0 Å². The summed E-state index contributed by atoms with van der Waals surface area (Å²) in [7, 11) is 0. The number of likely N-dealkylation sites (tertiary alicyclic amines) is 1. The first-order valence-electron chi connectivity index (χ1n) is 7.78. The van der Waals surface area contributed by atoms with E-state index in [0.29, 0.717) is 6.04 Å². The van der Waals surface area contributed by atoms with Crippen LogP contribution < -0.4 is 5.73 Å². The Morgan fingerprint density at radius 3 is 2.60 bits per heavy atom. The third-order valence-electron chi connectivity index (χ3n) is 4.86. The summed E-state index contributed by atoms with van der Waals surface area (Å²) in [6, 6.07) is 9.04. The van der Waals surface area contributed by atoms with Gasteiger partial charge in [-0.25, -0.2) is 0 Å². The first-order chi connectivity index (χ1) is 9.54. The van der Waals surface area contributed by atoms with Crippen LogP contribution in [0, 0.1) is 11.8 Å². The Balaban J connectivity index is 2.27. The van der Waals surface area contributed by atoms with Gasteiger partial charge in [-0.3, -0.25) is 4.90 Å². The van der Waals surface area contributed by atoms with E-state index in [2.05, 4.69) is 65.9 Å². The maximum absolute atomic E-state index is 6.47. The summed E-state index contributed by atoms with van der Waals surface area (Å²) in [5.74, 6) is 1.57. The molecule has 4 atom stereocenters. The summed E-state index contributed by atoms with van der Waals surface area (Å²) in [5.41, 5.74) is 7.80. The molecule has 1 aliphatic rings. The molecule has 0 amide bonds. The van der Waals surface area contributed by atoms with Gasteiger partial charge in [0, 0.05) is 17.1 Å². The van der Waals surface area contributed by atoms with E-state index in [1.54, 1.807) is 0 Å². The number of benzene rings is 1. The Morgan fingerprint density at radius 1 is 1.30 bits per heavy atom. The highest BCUT2D eigenvalue weighted by Gasteiger charge is 2.32. The maximum atomic E-state index is 6.47. The molecule has 4 unspecified atom stereocenters. The summed E-state index contributed by atoms with van der Waals surface area (Å²) in [4.78, 5) is 2.60. The number of piperidine rings is 1. The SMILES string of the molecule is CCC(N)C(c1ccccc1Br)N1CCC(C)C(C)C1. The Bertz CT molecular complexity index is 435. The zero-order valence-corrected chi connectivity index (χ0v) is 14.4. The van der Waals surface area contributed by atoms with Crippen molar-refractivity contribution in [3.8, 4) is 0 Å². The lowest BCUT2D eigenvalue weighted by Gasteiger charge is -2.42. The van der Waals surface area contributed by atoms with Crippen molar-refractivity contribution in [2.45, 2.75) is 45.7 Å². The molecule has 20 heavy (non-hydrogen) atoms. The first kappa shape index (κ1) is 16.0. The lowest BCUT2D eigenvalue weighted by Crippen LogP contribution is -2.47. The molecule has 0 saturated carbocycles. The van der Waals surface area contributed by atoms with E-state index in [1.807, 2.05) is 0 Å². The van der Waals surface area contributed by atoms with Crippen molar-refractivity contribution >= 4 is 15.9 Å². The predicted molar refractivity (Wildman–Crippen MR) is 89.7 cm³/mol. The monoisotopic (exact) mass is 338 g/mol. The minimum atomic E-state index is 0.189. The average molecular weight is 339 g/mol. The summed E-state index contributed by atoms with van der Waals surface area (Å²) in [5, 5.41) is 0. The van der Waals surface area contributed by atoms with Crippen molar-refractivity contribution in [1.82, 2.24) is 4.90 Å². The highest BCUT2D eigenvalue weighted by molar-refractivity contribution is 9.10. The molecule has 1 heterocycles. The van der Waals surface area contributed by atoms with Gasteiger partial charge in [0.25, 0.3) is 0 Å². The number of nitrogens with zero attached hydrogens (tertiary/aromatic N) is 1. The van der Waals surface area contributed by atoms with Gasteiger partial charge in [0.15, 0.2) is 0 Å². The molecule has 0 spiro atoms. The van der Waals surface area contributed by atoms with Crippen molar-refractivity contribution in [1.29, 1.82) is 0 Å². The largest absolute Gasteiger partial charge is 0.326 e. The Kier molecular flexibility index (Phi) is 5.65. The van der Waals surface area contributed by atoms with E-state index in [-0.39, 0.29) is 6.04 Å². The molecule has 2 rings (SSSR count). The number of nitrogens with two attached hydrogens (primary N) is 1. The normalized spacial score (nSPS) is 27.2. The van der Waals surface area contributed by atoms with Crippen LogP contribution in [0.5, 0.6) is 0 Å². The standard InChI is InChI=1S/C17H27BrN2/c1-4-16(19)17(14-7-5-6-8-15(14)18)20-10-9-12(2)13(3)11-20/h5-8,12-13,16-17H,4,9-11,19H2,1-3H3. The average Bonchev–Trinajstić information content (AvgIpc) is 2.44. The molecular formula is C17H27BrN2. The Hall–Kier alpha value is -0.380. The van der Waals surface area contributed by atoms with Crippen LogP contribution in [0.2, 0.25) is 0 Å². The van der Waals surface area contributed by atoms with Crippen molar-refractivity contribution < 1.29 is 0 Å². The van der Waals surface area contributed by atoms with Gasteiger partial charge < -0.3 is 5.73 Å². The summed E-state index contributed by atoms with van der Waals surface area (Å²) in [6.07, 6.45) is 2.28. The van der Waals surface area contributed by atoms with Gasteiger partial charge in [-0.1, -0.05) is 54.9 Å². The van der Waals surface area contributed by atoms with Gasteiger partial charge in [-0.05, 0) is 42.9 Å². The van der Waals surface area contributed by atoms with E-state index >= 15 is 0 Å². The van der Waals surface area contributed by atoms with E-state index in [1.165, 1.54) is 16.5 Å². The Morgan fingerprint density at radius 2 is 2.00 bits per heavy atom. The molecule has 0 aliphatic carbocycles. The van der Waals surface area contributed by atoms with E-state index in [0.717, 1.165) is 31.3 Å². The van der Waals surface area contributed by atoms with E-state index in [4.69, 9.17) is 5.73 Å². The van der Waals surface area contributed by atoms with Crippen LogP contribution in [0.25, 0.3) is 0 Å². The van der Waals surface area contributed by atoms with Crippen LogP contribution in [0.15, 0.2) is 28.7 Å². The van der Waals surface area contributed by atoms with Crippen molar-refractivity contribution in [3.63, 3.8) is 0 Å². The van der Waals surface area contributed by atoms with Crippen molar-refractivity contribution in [2.75, 3.05) is 13.1 Å². The van der Waals surface area contributed by atoms with Crippen LogP contribution in [0.3, 0.4) is 0 Å². The molecule has 1 fully saturated rings. The minimum absolute atomic E-state index is 0.189. The quantitative estimate of drug-likeness (QED) is 0.891. The molecule has 0 aromatic heterocycles. The summed E-state index contributed by atoms with van der Waals surface area (Å²) in [6.45, 7) is 9.23. The van der Waals surface area contributed by atoms with Crippen LogP contribution in [-0.2, 0) is 0 Å². The van der Waals surface area contributed by atoms with Gasteiger partial charge in [0.1, 0.15) is 0 Å². The smallest absolute Gasteiger partial charge is 0.0510 e. The van der Waals surface area contributed by atoms with E-state index in [9.17, 15) is 0 Å². The van der Waals surface area contributed by atoms with Gasteiger partial charge in [0.05, 0.1) is 6.04 Å². The van der Waals surface area contributed by atoms with E-state index < -0.39 is 0 Å².